The third-order valence-electron chi connectivity index (χ3n) is 5.36. The molecule has 4 heteroatoms. The van der Waals surface area contributed by atoms with Gasteiger partial charge >= 0.3 is 0 Å². The van der Waals surface area contributed by atoms with Gasteiger partial charge in [-0.3, -0.25) is 4.79 Å². The molecule has 0 spiro atoms. The molecule has 0 saturated carbocycles. The highest BCUT2D eigenvalue weighted by atomic mass is 16.3. The predicted octanol–water partition coefficient (Wildman–Crippen LogP) is 5.45. The van der Waals surface area contributed by atoms with Crippen molar-refractivity contribution in [2.45, 2.75) is 110 Å². The van der Waals surface area contributed by atoms with Crippen molar-refractivity contribution < 1.29 is 9.90 Å². The summed E-state index contributed by atoms with van der Waals surface area (Å²) in [6.45, 7) is 5.47. The monoisotopic (exact) mass is 396 g/mol. The number of aliphatic hydroxyl groups is 1. The average Bonchev–Trinajstić information content (AvgIpc) is 2.70. The fourth-order valence-electron chi connectivity index (χ4n) is 3.37. The molecule has 1 unspecified atom stereocenters. The highest BCUT2D eigenvalue weighted by Gasteiger charge is 2.14. The number of allylic oxidation sites excluding steroid dienone is 2. The summed E-state index contributed by atoms with van der Waals surface area (Å²) in [6, 6.07) is 0.254. The van der Waals surface area contributed by atoms with E-state index in [2.05, 4.69) is 31.3 Å². The normalized spacial score (nSPS) is 12.6. The number of likely N-dealkylation sites (N-methyl/N-ethyl adjacent to an activating group) is 1. The van der Waals surface area contributed by atoms with Gasteiger partial charge in [0.05, 0.1) is 6.61 Å². The van der Waals surface area contributed by atoms with E-state index in [1.54, 1.807) is 4.90 Å². The minimum Gasteiger partial charge on any atom is -0.395 e. The molecule has 0 aromatic rings. The Balaban J connectivity index is 3.54. The Morgan fingerprint density at radius 1 is 0.929 bits per heavy atom. The largest absolute Gasteiger partial charge is 0.395 e. The molecule has 0 radical (unpaired) electrons. The van der Waals surface area contributed by atoms with Crippen LogP contribution in [0.2, 0.25) is 0 Å². The summed E-state index contributed by atoms with van der Waals surface area (Å²) < 4.78 is 0. The molecule has 0 heterocycles. The lowest BCUT2D eigenvalue weighted by Gasteiger charge is -2.25. The number of hydrogen-bond donors (Lipinski definition) is 2. The van der Waals surface area contributed by atoms with Gasteiger partial charge in [0.15, 0.2) is 0 Å². The number of hydrogen-bond acceptors (Lipinski definition) is 3. The van der Waals surface area contributed by atoms with Gasteiger partial charge in [-0.25, -0.2) is 0 Å². The van der Waals surface area contributed by atoms with Crippen molar-refractivity contribution in [3.05, 3.63) is 12.2 Å². The van der Waals surface area contributed by atoms with Gasteiger partial charge in [0, 0.05) is 25.6 Å². The van der Waals surface area contributed by atoms with Crippen LogP contribution in [0.5, 0.6) is 0 Å². The van der Waals surface area contributed by atoms with Crippen molar-refractivity contribution in [3.8, 4) is 0 Å². The van der Waals surface area contributed by atoms with E-state index < -0.39 is 0 Å². The maximum absolute atomic E-state index is 12.3. The molecule has 28 heavy (non-hydrogen) atoms. The quantitative estimate of drug-likeness (QED) is 0.212. The second-order valence-corrected chi connectivity index (χ2v) is 8.09. The molecule has 0 fully saturated rings. The van der Waals surface area contributed by atoms with E-state index in [0.717, 1.165) is 12.8 Å². The average molecular weight is 397 g/mol. The van der Waals surface area contributed by atoms with Crippen LogP contribution in [0.15, 0.2) is 12.2 Å². The maximum Gasteiger partial charge on any atom is 0.222 e. The number of carbonyl (C=O) groups excluding carboxylic acids is 1. The van der Waals surface area contributed by atoms with E-state index in [-0.39, 0.29) is 18.6 Å². The number of unbranched alkanes of at least 4 members (excludes halogenated alkanes) is 11. The van der Waals surface area contributed by atoms with Crippen LogP contribution in [-0.4, -0.2) is 48.7 Å². The van der Waals surface area contributed by atoms with Gasteiger partial charge in [-0.2, -0.15) is 0 Å². The van der Waals surface area contributed by atoms with Gasteiger partial charge < -0.3 is 15.3 Å². The molecule has 1 amide bonds. The second-order valence-electron chi connectivity index (χ2n) is 8.09. The lowest BCUT2D eigenvalue weighted by molar-refractivity contribution is -0.132. The predicted molar refractivity (Wildman–Crippen MR) is 122 cm³/mol. The molecule has 2 N–H and O–H groups in total. The number of aliphatic hydroxyl groups excluding tert-OH is 1. The van der Waals surface area contributed by atoms with Crippen LogP contribution in [0.1, 0.15) is 104 Å². The zero-order valence-electron chi connectivity index (χ0n) is 19.1. The first kappa shape index (κ1) is 27.1. The molecular weight excluding hydrogens is 348 g/mol. The molecule has 0 aromatic carbocycles. The number of amides is 1. The first-order valence-corrected chi connectivity index (χ1v) is 11.9. The minimum atomic E-state index is 0.0363. The first-order chi connectivity index (χ1) is 13.7. The number of nitrogens with one attached hydrogen (secondary N) is 1. The molecule has 0 aliphatic carbocycles. The lowest BCUT2D eigenvalue weighted by atomic mass is 10.1. The topological polar surface area (TPSA) is 52.6 Å². The zero-order valence-corrected chi connectivity index (χ0v) is 19.1. The van der Waals surface area contributed by atoms with Crippen LogP contribution in [0, 0.1) is 0 Å². The summed E-state index contributed by atoms with van der Waals surface area (Å²) in [5, 5.41) is 12.3. The Hall–Kier alpha value is -0.870. The van der Waals surface area contributed by atoms with Crippen LogP contribution < -0.4 is 5.32 Å². The number of nitrogens with zero attached hydrogens (tertiary/aromatic N) is 1. The standard InChI is InChI=1S/C24H48N2O2/c1-4-5-6-7-8-9-10-11-12-13-14-15-16-17-18-19-24(28)26(20-21-27)22-23(2)25-3/h11-12,23,25,27H,4-10,13-22H2,1-3H3/b12-11-. The van der Waals surface area contributed by atoms with Gasteiger partial charge in [-0.1, -0.05) is 70.4 Å². The van der Waals surface area contributed by atoms with E-state index in [0.29, 0.717) is 19.5 Å². The van der Waals surface area contributed by atoms with Crippen LogP contribution >= 0.6 is 0 Å². The first-order valence-electron chi connectivity index (χ1n) is 11.9. The fourth-order valence-corrected chi connectivity index (χ4v) is 3.37. The summed E-state index contributed by atoms with van der Waals surface area (Å²) >= 11 is 0. The van der Waals surface area contributed by atoms with E-state index >= 15 is 0 Å². The lowest BCUT2D eigenvalue weighted by Crippen LogP contribution is -2.42. The summed E-state index contributed by atoms with van der Waals surface area (Å²) in [5.74, 6) is 0.175. The van der Waals surface area contributed by atoms with Gasteiger partial charge in [-0.05, 0) is 46.1 Å². The van der Waals surface area contributed by atoms with Crippen molar-refractivity contribution in [2.24, 2.45) is 0 Å². The van der Waals surface area contributed by atoms with Crippen LogP contribution in [-0.2, 0) is 4.79 Å². The highest BCUT2D eigenvalue weighted by molar-refractivity contribution is 5.76. The number of carbonyl (C=O) groups is 1. The second kappa shape index (κ2) is 20.9. The highest BCUT2D eigenvalue weighted by Crippen LogP contribution is 2.11. The van der Waals surface area contributed by atoms with Crippen molar-refractivity contribution in [1.29, 1.82) is 0 Å². The minimum absolute atomic E-state index is 0.0363. The summed E-state index contributed by atoms with van der Waals surface area (Å²) in [5.41, 5.74) is 0. The van der Waals surface area contributed by atoms with E-state index in [4.69, 9.17) is 5.11 Å². The Morgan fingerprint density at radius 3 is 2.00 bits per heavy atom. The summed E-state index contributed by atoms with van der Waals surface area (Å²) in [6.07, 6.45) is 21.8. The molecule has 0 aliphatic rings. The molecule has 0 bridgehead atoms. The Kier molecular flexibility index (Phi) is 20.2. The molecule has 0 aliphatic heterocycles. The summed E-state index contributed by atoms with van der Waals surface area (Å²) in [4.78, 5) is 14.1. The van der Waals surface area contributed by atoms with Crippen molar-refractivity contribution in [3.63, 3.8) is 0 Å². The van der Waals surface area contributed by atoms with Gasteiger partial charge in [0.2, 0.25) is 5.91 Å². The molecule has 0 rings (SSSR count). The molecule has 4 nitrogen and oxygen atoms in total. The maximum atomic E-state index is 12.3. The van der Waals surface area contributed by atoms with Crippen LogP contribution in [0.4, 0.5) is 0 Å². The molecule has 0 saturated heterocycles. The Bertz CT molecular complexity index is 372. The SMILES string of the molecule is CCCCCCCC/C=C\CCCCCCCC(=O)N(CCO)CC(C)NC. The van der Waals surface area contributed by atoms with Crippen LogP contribution in [0.25, 0.3) is 0 Å². The van der Waals surface area contributed by atoms with Gasteiger partial charge in [-0.15, -0.1) is 0 Å². The van der Waals surface area contributed by atoms with Crippen molar-refractivity contribution >= 4 is 5.91 Å². The van der Waals surface area contributed by atoms with E-state index in [1.807, 2.05) is 7.05 Å². The Morgan fingerprint density at radius 2 is 1.46 bits per heavy atom. The van der Waals surface area contributed by atoms with E-state index in [9.17, 15) is 4.79 Å². The number of rotatable bonds is 20. The van der Waals surface area contributed by atoms with Crippen molar-refractivity contribution in [2.75, 3.05) is 26.7 Å². The summed E-state index contributed by atoms with van der Waals surface area (Å²) in [7, 11) is 1.90. The molecule has 166 valence electrons. The van der Waals surface area contributed by atoms with Gasteiger partial charge in [0.25, 0.3) is 0 Å². The zero-order chi connectivity index (χ0) is 20.9. The third kappa shape index (κ3) is 17.2. The van der Waals surface area contributed by atoms with E-state index in [1.165, 1.54) is 70.6 Å². The smallest absolute Gasteiger partial charge is 0.222 e. The fraction of sp³-hybridized carbons (Fsp3) is 0.875. The molecular formula is C24H48N2O2. The van der Waals surface area contributed by atoms with Crippen LogP contribution in [0.3, 0.4) is 0 Å². The third-order valence-corrected chi connectivity index (χ3v) is 5.36. The van der Waals surface area contributed by atoms with Gasteiger partial charge in [0.1, 0.15) is 0 Å². The molecule has 0 aromatic heterocycles. The Labute approximate surface area is 175 Å². The van der Waals surface area contributed by atoms with Crippen molar-refractivity contribution in [1.82, 2.24) is 10.2 Å². The molecule has 1 atom stereocenters.